The van der Waals surface area contributed by atoms with Crippen LogP contribution in [0.2, 0.25) is 0 Å². The molecule has 0 atom stereocenters. The summed E-state index contributed by atoms with van der Waals surface area (Å²) in [5.41, 5.74) is 0.293. The van der Waals surface area contributed by atoms with Gasteiger partial charge in [-0.25, -0.2) is 4.79 Å². The Hall–Kier alpha value is -2.63. The Morgan fingerprint density at radius 1 is 1.32 bits per heavy atom. The Balaban J connectivity index is 2.46. The summed E-state index contributed by atoms with van der Waals surface area (Å²) in [7, 11) is 0. The second-order valence-corrected chi connectivity index (χ2v) is 5.31. The van der Waals surface area contributed by atoms with Crippen LogP contribution in [0.3, 0.4) is 0 Å². The van der Waals surface area contributed by atoms with E-state index in [9.17, 15) is 14.9 Å². The summed E-state index contributed by atoms with van der Waals surface area (Å²) in [4.78, 5) is 22.3. The van der Waals surface area contributed by atoms with Gasteiger partial charge in [0.25, 0.3) is 5.69 Å². The first-order chi connectivity index (χ1) is 10.3. The van der Waals surface area contributed by atoms with Crippen LogP contribution >= 0.6 is 0 Å². The largest absolute Gasteiger partial charge is 0.482 e. The van der Waals surface area contributed by atoms with Gasteiger partial charge in [-0.05, 0) is 45.1 Å². The number of nitro groups is 1. The highest BCUT2D eigenvalue weighted by molar-refractivity contribution is 5.99. The van der Waals surface area contributed by atoms with Gasteiger partial charge in [0.1, 0.15) is 16.9 Å². The number of carbonyl (C=O) groups is 1. The molecule has 0 N–H and O–H groups in total. The van der Waals surface area contributed by atoms with Gasteiger partial charge < -0.3 is 9.47 Å². The van der Waals surface area contributed by atoms with Gasteiger partial charge >= 0.3 is 5.97 Å². The molecule has 0 spiro atoms. The van der Waals surface area contributed by atoms with Crippen LogP contribution in [0.15, 0.2) is 42.0 Å². The molecule has 1 aromatic rings. The first-order valence-electron chi connectivity index (χ1n) is 6.88. The first-order valence-corrected chi connectivity index (χ1v) is 6.88. The third-order valence-electron chi connectivity index (χ3n) is 3.10. The monoisotopic (exact) mass is 303 g/mol. The normalized spacial score (nSPS) is 16.1. The van der Waals surface area contributed by atoms with Crippen molar-refractivity contribution < 1.29 is 19.2 Å². The lowest BCUT2D eigenvalue weighted by atomic mass is 9.99. The summed E-state index contributed by atoms with van der Waals surface area (Å²) >= 11 is 0. The van der Waals surface area contributed by atoms with Gasteiger partial charge in [-0.15, -0.1) is 0 Å². The van der Waals surface area contributed by atoms with Crippen molar-refractivity contribution in [3.8, 4) is 0 Å². The van der Waals surface area contributed by atoms with Crippen molar-refractivity contribution in [1.82, 2.24) is 0 Å². The molecule has 1 aromatic carbocycles. The lowest BCUT2D eigenvalue weighted by Crippen LogP contribution is -2.26. The van der Waals surface area contributed by atoms with Crippen molar-refractivity contribution in [2.24, 2.45) is 0 Å². The van der Waals surface area contributed by atoms with Crippen LogP contribution in [-0.2, 0) is 14.3 Å². The van der Waals surface area contributed by atoms with E-state index >= 15 is 0 Å². The molecule has 6 heteroatoms. The number of hydrogen-bond acceptors (Lipinski definition) is 5. The number of ether oxygens (including phenoxy) is 2. The number of nitrogens with zero attached hydrogens (tertiary/aromatic N) is 1. The van der Waals surface area contributed by atoms with Crippen LogP contribution in [0.25, 0.3) is 5.76 Å². The second kappa shape index (κ2) is 6.01. The minimum atomic E-state index is -0.576. The van der Waals surface area contributed by atoms with Gasteiger partial charge in [0, 0.05) is 17.7 Å². The predicted octanol–water partition coefficient (Wildman–Crippen LogP) is 3.23. The molecule has 0 saturated heterocycles. The van der Waals surface area contributed by atoms with Crippen LogP contribution in [-0.4, -0.2) is 23.1 Å². The zero-order valence-corrected chi connectivity index (χ0v) is 12.7. The van der Waals surface area contributed by atoms with E-state index in [0.717, 1.165) is 0 Å². The zero-order valence-electron chi connectivity index (χ0n) is 12.7. The summed E-state index contributed by atoms with van der Waals surface area (Å²) in [6, 6.07) is 5.86. The minimum absolute atomic E-state index is 0.0207. The maximum absolute atomic E-state index is 12.0. The highest BCUT2D eigenvalue weighted by Gasteiger charge is 2.28. The number of carbonyl (C=O) groups excluding carboxylic acids is 1. The molecule has 0 saturated carbocycles. The topological polar surface area (TPSA) is 78.7 Å². The Morgan fingerprint density at radius 3 is 2.50 bits per heavy atom. The van der Waals surface area contributed by atoms with Crippen LogP contribution in [0, 0.1) is 10.1 Å². The molecule has 2 rings (SSSR count). The molecule has 22 heavy (non-hydrogen) atoms. The molecule has 1 aliphatic heterocycles. The smallest absolute Gasteiger partial charge is 0.341 e. The van der Waals surface area contributed by atoms with Gasteiger partial charge in [-0.3, -0.25) is 10.1 Å². The summed E-state index contributed by atoms with van der Waals surface area (Å²) in [6.45, 7) is 5.70. The Labute approximate surface area is 128 Å². The van der Waals surface area contributed by atoms with E-state index in [1.165, 1.54) is 12.1 Å². The van der Waals surface area contributed by atoms with E-state index in [1.54, 1.807) is 31.2 Å². The molecule has 6 nitrogen and oxygen atoms in total. The third-order valence-corrected chi connectivity index (χ3v) is 3.10. The SMILES string of the molecule is CCOC(=O)C1=C(c2ccc([N+](=O)[O-])cc2)OC(C)(C)C=C1. The van der Waals surface area contributed by atoms with E-state index in [0.29, 0.717) is 16.9 Å². The second-order valence-electron chi connectivity index (χ2n) is 5.31. The van der Waals surface area contributed by atoms with Crippen molar-refractivity contribution in [1.29, 1.82) is 0 Å². The molecule has 0 bridgehead atoms. The van der Waals surface area contributed by atoms with Crippen molar-refractivity contribution >= 4 is 17.4 Å². The van der Waals surface area contributed by atoms with Crippen LogP contribution in [0.1, 0.15) is 26.3 Å². The fourth-order valence-electron chi connectivity index (χ4n) is 2.03. The standard InChI is InChI=1S/C16H17NO5/c1-4-21-15(18)13-9-10-16(2,3)22-14(13)11-5-7-12(8-6-11)17(19)20/h5-10H,4H2,1-3H3. The van der Waals surface area contributed by atoms with Gasteiger partial charge in [0.15, 0.2) is 0 Å². The molecule has 0 radical (unpaired) electrons. The summed E-state index contributed by atoms with van der Waals surface area (Å²) in [5, 5.41) is 10.7. The van der Waals surface area contributed by atoms with E-state index < -0.39 is 16.5 Å². The highest BCUT2D eigenvalue weighted by Crippen LogP contribution is 2.33. The third kappa shape index (κ3) is 3.33. The van der Waals surface area contributed by atoms with Gasteiger partial charge in [-0.2, -0.15) is 0 Å². The quantitative estimate of drug-likeness (QED) is 0.484. The number of nitro benzene ring substituents is 1. The number of benzene rings is 1. The Morgan fingerprint density at radius 2 is 1.95 bits per heavy atom. The molecule has 1 aliphatic rings. The van der Waals surface area contributed by atoms with Gasteiger partial charge in [0.2, 0.25) is 0 Å². The number of rotatable bonds is 4. The molecular weight excluding hydrogens is 286 g/mol. The van der Waals surface area contributed by atoms with Gasteiger partial charge in [0.05, 0.1) is 11.5 Å². The molecule has 116 valence electrons. The maximum Gasteiger partial charge on any atom is 0.341 e. The van der Waals surface area contributed by atoms with Crippen molar-refractivity contribution in [2.75, 3.05) is 6.61 Å². The summed E-state index contributed by atoms with van der Waals surface area (Å²) in [5.74, 6) is -0.122. The molecule has 0 unspecified atom stereocenters. The van der Waals surface area contributed by atoms with Crippen molar-refractivity contribution in [3.05, 3.63) is 57.7 Å². The molecular formula is C16H17NO5. The fourth-order valence-corrected chi connectivity index (χ4v) is 2.03. The van der Waals surface area contributed by atoms with Crippen LogP contribution < -0.4 is 0 Å². The average molecular weight is 303 g/mol. The average Bonchev–Trinajstić information content (AvgIpc) is 2.46. The molecule has 0 aromatic heterocycles. The van der Waals surface area contributed by atoms with Crippen molar-refractivity contribution in [2.45, 2.75) is 26.4 Å². The van der Waals surface area contributed by atoms with Crippen LogP contribution in [0.5, 0.6) is 0 Å². The van der Waals surface area contributed by atoms with E-state index in [2.05, 4.69) is 0 Å². The first kappa shape index (κ1) is 15.8. The molecule has 0 amide bonds. The number of non-ortho nitro benzene ring substituents is 1. The van der Waals surface area contributed by atoms with E-state index in [-0.39, 0.29) is 12.3 Å². The zero-order chi connectivity index (χ0) is 16.3. The number of esters is 1. The highest BCUT2D eigenvalue weighted by atomic mass is 16.6. The number of hydrogen-bond donors (Lipinski definition) is 0. The Kier molecular flexibility index (Phi) is 4.30. The fraction of sp³-hybridized carbons (Fsp3) is 0.312. The van der Waals surface area contributed by atoms with Crippen LogP contribution in [0.4, 0.5) is 5.69 Å². The van der Waals surface area contributed by atoms with E-state index in [1.807, 2.05) is 13.8 Å². The summed E-state index contributed by atoms with van der Waals surface area (Å²) < 4.78 is 10.9. The predicted molar refractivity (Wildman–Crippen MR) is 81.0 cm³/mol. The van der Waals surface area contributed by atoms with E-state index in [4.69, 9.17) is 9.47 Å². The van der Waals surface area contributed by atoms with Crippen molar-refractivity contribution in [3.63, 3.8) is 0 Å². The lowest BCUT2D eigenvalue weighted by molar-refractivity contribution is -0.384. The lowest BCUT2D eigenvalue weighted by Gasteiger charge is -2.29. The Bertz CT molecular complexity index is 656. The molecule has 0 fully saturated rings. The molecule has 0 aliphatic carbocycles. The molecule has 1 heterocycles. The van der Waals surface area contributed by atoms with Gasteiger partial charge in [-0.1, -0.05) is 0 Å². The summed E-state index contributed by atoms with van der Waals surface area (Å²) in [6.07, 6.45) is 3.44. The maximum atomic E-state index is 12.0. The minimum Gasteiger partial charge on any atom is -0.482 e.